The molecular formula is C8H16BrO10P. The van der Waals surface area contributed by atoms with Crippen molar-refractivity contribution in [3.05, 3.63) is 0 Å². The summed E-state index contributed by atoms with van der Waals surface area (Å²) >= 11 is 2.97. The van der Waals surface area contributed by atoms with Gasteiger partial charge in [-0.05, 0) is 0 Å². The molecule has 0 saturated carbocycles. The molecule has 1 heterocycles. The number of hydrogen-bond donors (Lipinski definition) is 7. The van der Waals surface area contributed by atoms with E-state index in [9.17, 15) is 30.1 Å². The van der Waals surface area contributed by atoms with Crippen molar-refractivity contribution in [3.8, 4) is 0 Å². The molecule has 1 saturated heterocycles. The van der Waals surface area contributed by atoms with Crippen LogP contribution in [0.2, 0.25) is 0 Å². The van der Waals surface area contributed by atoms with Crippen molar-refractivity contribution in [2.24, 2.45) is 0 Å². The fourth-order valence-corrected chi connectivity index (χ4v) is 2.76. The minimum Gasteiger partial charge on any atom is -0.387 e. The fraction of sp³-hybridized carbons (Fsp3) is 1.00. The van der Waals surface area contributed by atoms with Crippen molar-refractivity contribution in [1.82, 2.24) is 0 Å². The standard InChI is InChI=1S/C8H16BrO10P/c9-2-1-8(14)6(12)4(11)3(10)5(18-8)7(13)19-20(15,16)17/h3-7,10-14H,1-2H2,(H2,15,16,17)/t3-,4+,5+,6-,7?,8?/m1/s1. The molecule has 0 aromatic carbocycles. The van der Waals surface area contributed by atoms with Gasteiger partial charge in [-0.1, -0.05) is 15.9 Å². The highest BCUT2D eigenvalue weighted by Gasteiger charge is 2.54. The quantitative estimate of drug-likeness (QED) is 0.151. The second-order valence-corrected chi connectivity index (χ2v) is 6.26. The molecule has 2 unspecified atom stereocenters. The summed E-state index contributed by atoms with van der Waals surface area (Å²) in [6.07, 6.45) is -10.1. The van der Waals surface area contributed by atoms with Crippen LogP contribution < -0.4 is 0 Å². The van der Waals surface area contributed by atoms with Gasteiger partial charge in [0.05, 0.1) is 0 Å². The highest BCUT2D eigenvalue weighted by Crippen LogP contribution is 2.40. The molecule has 0 amide bonds. The second kappa shape index (κ2) is 6.63. The summed E-state index contributed by atoms with van der Waals surface area (Å²) in [4.78, 5) is 17.1. The zero-order valence-electron chi connectivity index (χ0n) is 9.98. The van der Waals surface area contributed by atoms with Crippen molar-refractivity contribution in [2.45, 2.75) is 42.9 Å². The van der Waals surface area contributed by atoms with Crippen LogP contribution in [0.3, 0.4) is 0 Å². The van der Waals surface area contributed by atoms with Gasteiger partial charge in [-0.25, -0.2) is 4.57 Å². The second-order valence-electron chi connectivity index (χ2n) is 4.28. The predicted molar refractivity (Wildman–Crippen MR) is 65.4 cm³/mol. The Morgan fingerprint density at radius 1 is 1.30 bits per heavy atom. The minimum absolute atomic E-state index is 0.144. The van der Waals surface area contributed by atoms with Crippen LogP contribution in [0, 0.1) is 0 Å². The van der Waals surface area contributed by atoms with Crippen LogP contribution in [0.1, 0.15) is 6.42 Å². The lowest BCUT2D eigenvalue weighted by atomic mass is 9.91. The molecule has 20 heavy (non-hydrogen) atoms. The van der Waals surface area contributed by atoms with E-state index in [0.717, 1.165) is 0 Å². The third-order valence-corrected chi connectivity index (χ3v) is 3.68. The number of halogens is 1. The number of alkyl halides is 1. The van der Waals surface area contributed by atoms with Crippen molar-refractivity contribution in [1.29, 1.82) is 0 Å². The van der Waals surface area contributed by atoms with Gasteiger partial charge in [0.2, 0.25) is 0 Å². The average Bonchev–Trinajstić information content (AvgIpc) is 2.30. The van der Waals surface area contributed by atoms with Gasteiger partial charge in [-0.15, -0.1) is 0 Å². The number of aliphatic hydroxyl groups is 5. The molecule has 6 atom stereocenters. The van der Waals surface area contributed by atoms with Gasteiger partial charge in [0.1, 0.15) is 24.4 Å². The van der Waals surface area contributed by atoms with Gasteiger partial charge < -0.3 is 40.1 Å². The maximum Gasteiger partial charge on any atom is 0.472 e. The normalized spacial score (nSPS) is 40.6. The van der Waals surface area contributed by atoms with Crippen LogP contribution in [0.25, 0.3) is 0 Å². The summed E-state index contributed by atoms with van der Waals surface area (Å²) in [7, 11) is -5.08. The third-order valence-electron chi connectivity index (χ3n) is 2.79. The van der Waals surface area contributed by atoms with Gasteiger partial charge in [0.15, 0.2) is 12.1 Å². The molecule has 1 fully saturated rings. The van der Waals surface area contributed by atoms with Crippen molar-refractivity contribution < 1.29 is 49.1 Å². The Bertz CT molecular complexity index is 376. The number of hydrogen-bond acceptors (Lipinski definition) is 8. The van der Waals surface area contributed by atoms with E-state index >= 15 is 0 Å². The number of phosphoric ester groups is 1. The average molecular weight is 383 g/mol. The molecular weight excluding hydrogens is 367 g/mol. The molecule has 12 heteroatoms. The molecule has 10 nitrogen and oxygen atoms in total. The molecule has 0 aliphatic carbocycles. The molecule has 0 spiro atoms. The topological polar surface area (TPSA) is 177 Å². The van der Waals surface area contributed by atoms with Crippen molar-refractivity contribution >= 4 is 23.8 Å². The van der Waals surface area contributed by atoms with Gasteiger partial charge in [-0.3, -0.25) is 4.52 Å². The lowest BCUT2D eigenvalue weighted by Crippen LogP contribution is -2.66. The van der Waals surface area contributed by atoms with Crippen LogP contribution in [-0.2, 0) is 13.8 Å². The Kier molecular flexibility index (Phi) is 6.10. The minimum atomic E-state index is -5.08. The van der Waals surface area contributed by atoms with Crippen LogP contribution in [-0.4, -0.2) is 77.1 Å². The smallest absolute Gasteiger partial charge is 0.387 e. The Labute approximate surface area is 121 Å². The SMILES string of the molecule is O=P(O)(O)OC(O)[C@H]1OC(O)(CCBr)[C@H](O)[C@@H](O)[C@H]1O. The van der Waals surface area contributed by atoms with Crippen molar-refractivity contribution in [2.75, 3.05) is 5.33 Å². The first kappa shape index (κ1) is 18.4. The molecule has 7 N–H and O–H groups in total. The lowest BCUT2D eigenvalue weighted by molar-refractivity contribution is -0.368. The highest BCUT2D eigenvalue weighted by atomic mass is 79.9. The molecule has 1 rings (SSSR count). The number of ether oxygens (including phenoxy) is 1. The zero-order valence-corrected chi connectivity index (χ0v) is 12.5. The number of aliphatic hydroxyl groups excluding tert-OH is 4. The zero-order chi connectivity index (χ0) is 15.7. The summed E-state index contributed by atoms with van der Waals surface area (Å²) < 4.78 is 19.4. The van der Waals surface area contributed by atoms with E-state index in [4.69, 9.17) is 14.5 Å². The molecule has 0 radical (unpaired) electrons. The van der Waals surface area contributed by atoms with E-state index in [2.05, 4.69) is 20.5 Å². The van der Waals surface area contributed by atoms with Crippen LogP contribution in [0.15, 0.2) is 0 Å². The molecule has 0 aromatic heterocycles. The Hall–Kier alpha value is 0.350. The Morgan fingerprint density at radius 3 is 2.30 bits per heavy atom. The largest absolute Gasteiger partial charge is 0.472 e. The summed E-state index contributed by atoms with van der Waals surface area (Å²) in [5.74, 6) is -2.33. The molecule has 1 aliphatic heterocycles. The van der Waals surface area contributed by atoms with E-state index in [1.165, 1.54) is 0 Å². The molecule has 1 aliphatic rings. The molecule has 0 bridgehead atoms. The maximum atomic E-state index is 10.6. The molecule has 0 aromatic rings. The monoisotopic (exact) mass is 382 g/mol. The van der Waals surface area contributed by atoms with E-state index in [1.54, 1.807) is 0 Å². The summed E-state index contributed by atoms with van der Waals surface area (Å²) in [6, 6.07) is 0. The first-order valence-corrected chi connectivity index (χ1v) is 8.09. The molecule has 120 valence electrons. The van der Waals surface area contributed by atoms with E-state index in [1.807, 2.05) is 0 Å². The summed E-state index contributed by atoms with van der Waals surface area (Å²) in [5.41, 5.74) is 0. The van der Waals surface area contributed by atoms with E-state index < -0.39 is 44.3 Å². The highest BCUT2D eigenvalue weighted by molar-refractivity contribution is 9.09. The van der Waals surface area contributed by atoms with Crippen LogP contribution in [0.5, 0.6) is 0 Å². The van der Waals surface area contributed by atoms with Gasteiger partial charge >= 0.3 is 7.82 Å². The van der Waals surface area contributed by atoms with Crippen molar-refractivity contribution in [3.63, 3.8) is 0 Å². The predicted octanol–water partition coefficient (Wildman–Crippen LogP) is -2.63. The van der Waals surface area contributed by atoms with Gasteiger partial charge in [0.25, 0.3) is 0 Å². The van der Waals surface area contributed by atoms with Gasteiger partial charge in [-0.2, -0.15) is 0 Å². The number of rotatable bonds is 5. The van der Waals surface area contributed by atoms with Crippen LogP contribution in [0.4, 0.5) is 0 Å². The summed E-state index contributed by atoms with van der Waals surface area (Å²) in [5, 5.41) is 48.5. The fourth-order valence-electron chi connectivity index (χ4n) is 1.79. The lowest BCUT2D eigenvalue weighted by Gasteiger charge is -2.46. The first-order chi connectivity index (χ1) is 9.02. The van der Waals surface area contributed by atoms with E-state index in [-0.39, 0.29) is 11.8 Å². The Balaban J connectivity index is 2.93. The maximum absolute atomic E-state index is 10.6. The number of phosphoric acid groups is 1. The van der Waals surface area contributed by atoms with E-state index in [0.29, 0.717) is 0 Å². The van der Waals surface area contributed by atoms with Crippen LogP contribution >= 0.6 is 23.8 Å². The Morgan fingerprint density at radius 2 is 1.85 bits per heavy atom. The first-order valence-electron chi connectivity index (χ1n) is 5.44. The third kappa shape index (κ3) is 4.18. The summed E-state index contributed by atoms with van der Waals surface area (Å²) in [6.45, 7) is 0. The van der Waals surface area contributed by atoms with Gasteiger partial charge in [0, 0.05) is 11.8 Å².